The molecule has 4 aromatic rings. The minimum Gasteiger partial charge on any atom is -0.454 e. The maximum Gasteiger partial charge on any atom is 0.160 e. The van der Waals surface area contributed by atoms with E-state index in [0.29, 0.717) is 0 Å². The topological polar surface area (TPSA) is 13.6 Å². The molecule has 0 aliphatic rings. The van der Waals surface area contributed by atoms with E-state index in [9.17, 15) is 0 Å². The first-order valence-electron chi connectivity index (χ1n) is 9.28. The van der Waals surface area contributed by atoms with Gasteiger partial charge in [-0.1, -0.05) is 67.9 Å². The van der Waals surface area contributed by atoms with E-state index >= 15 is 0 Å². The van der Waals surface area contributed by atoms with Gasteiger partial charge in [-0.3, -0.25) is 0 Å². The molecule has 4 rings (SSSR count). The van der Waals surface area contributed by atoms with Gasteiger partial charge in [-0.05, 0) is 42.7 Å². The highest BCUT2D eigenvalue weighted by Gasteiger charge is 2.21. The average molecular weight is 341 g/mol. The maximum absolute atomic E-state index is 6.42. The zero-order chi connectivity index (χ0) is 17.8. The number of aromatic nitrogens is 1. The van der Waals surface area contributed by atoms with E-state index in [1.54, 1.807) is 0 Å². The van der Waals surface area contributed by atoms with E-state index in [2.05, 4.69) is 66.1 Å². The summed E-state index contributed by atoms with van der Waals surface area (Å²) in [7, 11) is 0. The lowest BCUT2D eigenvalue weighted by Crippen LogP contribution is -1.94. The highest BCUT2D eigenvalue weighted by atomic mass is 16.5. The van der Waals surface area contributed by atoms with Gasteiger partial charge in [0.2, 0.25) is 0 Å². The van der Waals surface area contributed by atoms with Crippen molar-refractivity contribution in [3.8, 4) is 22.6 Å². The molecule has 2 heteroatoms. The lowest BCUT2D eigenvalue weighted by molar-refractivity contribution is 0.490. The van der Waals surface area contributed by atoms with E-state index in [0.717, 1.165) is 29.9 Å². The largest absolute Gasteiger partial charge is 0.454 e. The molecule has 0 aliphatic carbocycles. The Hall–Kier alpha value is -3.00. The first-order chi connectivity index (χ1) is 12.9. The summed E-state index contributed by atoms with van der Waals surface area (Å²) in [6.45, 7) is 2.24. The summed E-state index contributed by atoms with van der Waals surface area (Å²) >= 11 is 0. The monoisotopic (exact) mass is 341 g/mol. The summed E-state index contributed by atoms with van der Waals surface area (Å²) in [6.07, 6.45) is 5.50. The van der Waals surface area contributed by atoms with E-state index in [-0.39, 0.29) is 0 Å². The molecule has 0 atom stereocenters. The van der Waals surface area contributed by atoms with Crippen LogP contribution < -0.4 is 4.74 Å². The van der Waals surface area contributed by atoms with Crippen LogP contribution in [0.4, 0.5) is 0 Å². The van der Waals surface area contributed by atoms with Crippen LogP contribution in [0.3, 0.4) is 0 Å². The molecular weight excluding hydrogens is 318 g/mol. The Labute approximate surface area is 154 Å². The second-order valence-corrected chi connectivity index (χ2v) is 6.49. The van der Waals surface area contributed by atoms with Crippen molar-refractivity contribution < 1.29 is 4.74 Å². The van der Waals surface area contributed by atoms with Crippen LogP contribution in [0.5, 0.6) is 11.5 Å². The summed E-state index contributed by atoms with van der Waals surface area (Å²) in [5.74, 6) is 1.80. The van der Waals surface area contributed by atoms with E-state index in [4.69, 9.17) is 4.74 Å². The number of hydrogen-bond donors (Lipinski definition) is 0. The molecular formula is C24H23NO. The van der Waals surface area contributed by atoms with E-state index in [1.165, 1.54) is 23.2 Å². The summed E-state index contributed by atoms with van der Waals surface area (Å²) in [4.78, 5) is 0. The second kappa shape index (κ2) is 7.49. The number of fused-ring (bicyclic) bond motifs is 1. The molecule has 0 unspecified atom stereocenters. The average Bonchev–Trinajstić information content (AvgIpc) is 3.01. The Bertz CT molecular complexity index is 987. The minimum atomic E-state index is 0.864. The van der Waals surface area contributed by atoms with Crippen LogP contribution in [0.2, 0.25) is 0 Å². The molecule has 0 aliphatic heterocycles. The van der Waals surface area contributed by atoms with Crippen molar-refractivity contribution in [1.82, 2.24) is 4.40 Å². The normalized spacial score (nSPS) is 11.0. The van der Waals surface area contributed by atoms with Gasteiger partial charge < -0.3 is 9.14 Å². The number of aryl methyl sites for hydroxylation is 1. The predicted octanol–water partition coefficient (Wildman–Crippen LogP) is 6.74. The van der Waals surface area contributed by atoms with Gasteiger partial charge in [0.1, 0.15) is 5.75 Å². The van der Waals surface area contributed by atoms with Gasteiger partial charge in [-0.25, -0.2) is 0 Å². The molecule has 130 valence electrons. The van der Waals surface area contributed by atoms with Gasteiger partial charge in [0.05, 0.1) is 5.52 Å². The predicted molar refractivity (Wildman–Crippen MR) is 108 cm³/mol. The standard InChI is InChI=1S/C24H23NO/c1-2-3-16-21-23(19-12-6-4-7-13-19)24(22-17-10-11-18-25(21)22)26-20-14-8-5-9-15-20/h4-15,17-18H,2-3,16H2,1H3. The van der Waals surface area contributed by atoms with Crippen molar-refractivity contribution in [3.05, 3.63) is 90.8 Å². The number of ether oxygens (including phenoxy) is 1. The fourth-order valence-electron chi connectivity index (χ4n) is 3.44. The molecule has 0 N–H and O–H groups in total. The number of benzene rings is 2. The number of unbranched alkanes of at least 4 members (excludes halogenated alkanes) is 1. The summed E-state index contributed by atoms with van der Waals surface area (Å²) in [5.41, 5.74) is 4.84. The molecule has 0 amide bonds. The highest BCUT2D eigenvalue weighted by Crippen LogP contribution is 2.42. The van der Waals surface area contributed by atoms with Crippen molar-refractivity contribution in [2.75, 3.05) is 0 Å². The highest BCUT2D eigenvalue weighted by molar-refractivity contribution is 5.84. The van der Waals surface area contributed by atoms with Crippen LogP contribution in [0.25, 0.3) is 16.6 Å². The number of nitrogens with zero attached hydrogens (tertiary/aromatic N) is 1. The Balaban J connectivity index is 1.95. The van der Waals surface area contributed by atoms with Crippen molar-refractivity contribution in [3.63, 3.8) is 0 Å². The Morgan fingerprint density at radius 3 is 2.23 bits per heavy atom. The maximum atomic E-state index is 6.42. The van der Waals surface area contributed by atoms with Gasteiger partial charge in [0.25, 0.3) is 0 Å². The smallest absolute Gasteiger partial charge is 0.160 e. The van der Waals surface area contributed by atoms with Crippen LogP contribution in [0, 0.1) is 0 Å². The molecule has 0 saturated heterocycles. The van der Waals surface area contributed by atoms with Crippen LogP contribution in [-0.4, -0.2) is 4.40 Å². The molecule has 2 aromatic heterocycles. The van der Waals surface area contributed by atoms with Gasteiger partial charge >= 0.3 is 0 Å². The fourth-order valence-corrected chi connectivity index (χ4v) is 3.44. The summed E-state index contributed by atoms with van der Waals surface area (Å²) in [6, 6.07) is 26.9. The minimum absolute atomic E-state index is 0.864. The molecule has 0 spiro atoms. The molecule has 0 bridgehead atoms. The van der Waals surface area contributed by atoms with Crippen molar-refractivity contribution in [2.45, 2.75) is 26.2 Å². The molecule has 2 heterocycles. The van der Waals surface area contributed by atoms with Gasteiger partial charge in [0, 0.05) is 17.5 Å². The van der Waals surface area contributed by atoms with E-state index < -0.39 is 0 Å². The second-order valence-electron chi connectivity index (χ2n) is 6.49. The van der Waals surface area contributed by atoms with Gasteiger partial charge in [-0.2, -0.15) is 0 Å². The molecule has 0 radical (unpaired) electrons. The van der Waals surface area contributed by atoms with Gasteiger partial charge in [0.15, 0.2) is 5.75 Å². The lowest BCUT2D eigenvalue weighted by atomic mass is 10.0. The zero-order valence-corrected chi connectivity index (χ0v) is 15.1. The first kappa shape index (κ1) is 16.5. The first-order valence-corrected chi connectivity index (χ1v) is 9.28. The van der Waals surface area contributed by atoms with Crippen molar-refractivity contribution >= 4 is 5.52 Å². The molecule has 0 saturated carbocycles. The SMILES string of the molecule is CCCCc1c(-c2ccccc2)c(Oc2ccccc2)c2ccccn12. The Kier molecular flexibility index (Phi) is 4.74. The summed E-state index contributed by atoms with van der Waals surface area (Å²) in [5, 5.41) is 0. The molecule has 0 fully saturated rings. The Morgan fingerprint density at radius 2 is 1.50 bits per heavy atom. The van der Waals surface area contributed by atoms with E-state index in [1.807, 2.05) is 30.3 Å². The van der Waals surface area contributed by atoms with Crippen molar-refractivity contribution in [2.24, 2.45) is 0 Å². The fraction of sp³-hybridized carbons (Fsp3) is 0.167. The number of pyridine rings is 1. The third kappa shape index (κ3) is 3.11. The lowest BCUT2D eigenvalue weighted by Gasteiger charge is -2.10. The number of hydrogen-bond acceptors (Lipinski definition) is 1. The van der Waals surface area contributed by atoms with Crippen LogP contribution in [0.1, 0.15) is 25.5 Å². The Morgan fingerprint density at radius 1 is 0.808 bits per heavy atom. The zero-order valence-electron chi connectivity index (χ0n) is 15.1. The van der Waals surface area contributed by atoms with Crippen LogP contribution >= 0.6 is 0 Å². The van der Waals surface area contributed by atoms with Crippen LogP contribution in [0.15, 0.2) is 85.1 Å². The third-order valence-electron chi connectivity index (χ3n) is 4.69. The van der Waals surface area contributed by atoms with Crippen LogP contribution in [-0.2, 0) is 6.42 Å². The number of rotatable bonds is 6. The molecule has 2 nitrogen and oxygen atoms in total. The summed E-state index contributed by atoms with van der Waals surface area (Å²) < 4.78 is 8.70. The third-order valence-corrected chi connectivity index (χ3v) is 4.69. The molecule has 2 aromatic carbocycles. The van der Waals surface area contributed by atoms with Gasteiger partial charge in [-0.15, -0.1) is 0 Å². The quantitative estimate of drug-likeness (QED) is 0.378. The number of para-hydroxylation sites is 1. The molecule has 26 heavy (non-hydrogen) atoms. The van der Waals surface area contributed by atoms with Crippen molar-refractivity contribution in [1.29, 1.82) is 0 Å².